The van der Waals surface area contributed by atoms with Crippen LogP contribution in [-0.2, 0) is 25.8 Å². The molecule has 3 nitrogen and oxygen atoms in total. The van der Waals surface area contributed by atoms with Gasteiger partial charge in [0.1, 0.15) is 5.49 Å². The van der Waals surface area contributed by atoms with E-state index in [1.54, 1.807) is 12.3 Å². The molecule has 0 aliphatic rings. The maximum absolute atomic E-state index is 6.94. The van der Waals surface area contributed by atoms with Gasteiger partial charge < -0.3 is 9.97 Å². The first-order chi connectivity index (χ1) is 7.86. The van der Waals surface area contributed by atoms with E-state index in [2.05, 4.69) is 22.1 Å². The molecule has 2 heterocycles. The minimum atomic E-state index is 0. The second-order valence-electron chi connectivity index (χ2n) is 3.36. The number of aromatic amines is 2. The molecule has 0 saturated heterocycles. The van der Waals surface area contributed by atoms with Gasteiger partial charge in [0.2, 0.25) is 0 Å². The Morgan fingerprint density at radius 3 is 1.82 bits per heavy atom. The number of rotatable bonds is 0. The Morgan fingerprint density at radius 1 is 0.824 bits per heavy atom. The molecule has 2 aromatic heterocycles. The first-order valence-corrected chi connectivity index (χ1v) is 5.06. The summed E-state index contributed by atoms with van der Waals surface area (Å²) in [7, 11) is 0. The molecule has 3 N–H and O–H groups in total. The molecule has 0 aliphatic heterocycles. The zero-order chi connectivity index (χ0) is 11.2. The molecule has 0 saturated carbocycles. The molecule has 1 aromatic carbocycles. The Labute approximate surface area is 118 Å². The van der Waals surface area contributed by atoms with Gasteiger partial charge in [0, 0.05) is 44.4 Å². The molecule has 4 heteroatoms. The second kappa shape index (κ2) is 7.01. The Balaban J connectivity index is 0.000000166. The molecule has 3 aromatic rings. The molecule has 0 spiro atoms. The van der Waals surface area contributed by atoms with Crippen LogP contribution in [0.25, 0.3) is 10.8 Å². The number of fused-ring (bicyclic) bond motifs is 1. The van der Waals surface area contributed by atoms with E-state index in [-0.39, 0.29) is 25.8 Å². The second-order valence-corrected chi connectivity index (χ2v) is 3.36. The number of aromatic nitrogens is 2. The fourth-order valence-electron chi connectivity index (χ4n) is 1.39. The van der Waals surface area contributed by atoms with Gasteiger partial charge in [-0.3, -0.25) is 5.41 Å². The van der Waals surface area contributed by atoms with Crippen molar-refractivity contribution in [1.82, 2.24) is 9.97 Å². The van der Waals surface area contributed by atoms with Crippen LogP contribution in [0.2, 0.25) is 0 Å². The van der Waals surface area contributed by atoms with Crippen molar-refractivity contribution in [2.45, 2.75) is 0 Å². The van der Waals surface area contributed by atoms with E-state index in [9.17, 15) is 0 Å². The van der Waals surface area contributed by atoms with Crippen LogP contribution < -0.4 is 5.49 Å². The summed E-state index contributed by atoms with van der Waals surface area (Å²) in [5, 5.41) is 9.49. The monoisotopic (exact) mass is 256 g/mol. The predicted octanol–water partition coefficient (Wildman–Crippen LogP) is 2.66. The fourth-order valence-corrected chi connectivity index (χ4v) is 1.39. The Morgan fingerprint density at radius 2 is 1.41 bits per heavy atom. The van der Waals surface area contributed by atoms with Crippen molar-refractivity contribution in [3.63, 3.8) is 0 Å². The number of nitrogens with one attached hydrogen (secondary N) is 3. The predicted molar refractivity (Wildman–Crippen MR) is 64.9 cm³/mol. The molecule has 0 atom stereocenters. The van der Waals surface area contributed by atoms with E-state index in [1.165, 1.54) is 10.8 Å². The minimum Gasteiger partial charge on any atom is -0.366 e. The summed E-state index contributed by atoms with van der Waals surface area (Å²) in [6.07, 6.45) is 5.72. The Hall–Kier alpha value is -1.42. The van der Waals surface area contributed by atoms with E-state index in [4.69, 9.17) is 5.41 Å². The largest absolute Gasteiger partial charge is 0.366 e. The summed E-state index contributed by atoms with van der Waals surface area (Å²) in [5.41, 5.74) is 0.447. The minimum absolute atomic E-state index is 0. The normalized spacial score (nSPS) is 8.94. The van der Waals surface area contributed by atoms with Gasteiger partial charge in [0.25, 0.3) is 0 Å². The van der Waals surface area contributed by atoms with E-state index in [0.717, 1.165) is 0 Å². The Kier molecular flexibility index (Phi) is 5.63. The first-order valence-electron chi connectivity index (χ1n) is 5.06. The molecule has 0 unspecified atom stereocenters. The van der Waals surface area contributed by atoms with Gasteiger partial charge in [-0.15, -0.1) is 0 Å². The van der Waals surface area contributed by atoms with Gasteiger partial charge in [-0.2, -0.15) is 0 Å². The van der Waals surface area contributed by atoms with Crippen molar-refractivity contribution < 1.29 is 25.8 Å². The number of pyridine rings is 1. The third-order valence-corrected chi connectivity index (χ3v) is 2.18. The quantitative estimate of drug-likeness (QED) is 0.554. The van der Waals surface area contributed by atoms with Crippen LogP contribution in [-0.4, -0.2) is 9.97 Å². The van der Waals surface area contributed by atoms with Crippen molar-refractivity contribution in [3.8, 4) is 0 Å². The molecule has 83 valence electrons. The van der Waals surface area contributed by atoms with E-state index >= 15 is 0 Å². The molecular weight excluding hydrogens is 243 g/mol. The topological polar surface area (TPSA) is 55.4 Å². The number of hydrogen-bond donors (Lipinski definition) is 3. The molecule has 0 aliphatic carbocycles. The Bertz CT molecular complexity index is 565. The summed E-state index contributed by atoms with van der Waals surface area (Å²) in [5.74, 6) is 0. The van der Waals surface area contributed by atoms with E-state index in [0.29, 0.717) is 5.49 Å². The van der Waals surface area contributed by atoms with Crippen LogP contribution in [0.1, 0.15) is 0 Å². The fraction of sp³-hybridized carbons (Fsp3) is 0. The molecule has 0 bridgehead atoms. The molecule has 1 radical (unpaired) electrons. The van der Waals surface area contributed by atoms with Crippen molar-refractivity contribution in [2.24, 2.45) is 0 Å². The van der Waals surface area contributed by atoms with Crippen molar-refractivity contribution >= 4 is 10.8 Å². The third kappa shape index (κ3) is 4.15. The van der Waals surface area contributed by atoms with Gasteiger partial charge in [0.15, 0.2) is 0 Å². The summed E-state index contributed by atoms with van der Waals surface area (Å²) in [6, 6.07) is 13.6. The third-order valence-electron chi connectivity index (χ3n) is 2.18. The van der Waals surface area contributed by atoms with Crippen LogP contribution in [0.3, 0.4) is 0 Å². The average molecular weight is 256 g/mol. The van der Waals surface area contributed by atoms with Crippen LogP contribution >= 0.6 is 0 Å². The molecule has 0 fully saturated rings. The van der Waals surface area contributed by atoms with Gasteiger partial charge in [-0.1, -0.05) is 30.3 Å². The van der Waals surface area contributed by atoms with Crippen LogP contribution in [0.5, 0.6) is 0 Å². The van der Waals surface area contributed by atoms with Crippen LogP contribution in [0.15, 0.2) is 61.1 Å². The molecule has 0 amide bonds. The van der Waals surface area contributed by atoms with Gasteiger partial charge >= 0.3 is 0 Å². The number of H-pyrrole nitrogens is 2. The number of benzene rings is 1. The van der Waals surface area contributed by atoms with Crippen molar-refractivity contribution in [1.29, 1.82) is 5.41 Å². The smallest absolute Gasteiger partial charge is 0.121 e. The van der Waals surface area contributed by atoms with Gasteiger partial charge in [-0.25, -0.2) is 0 Å². The van der Waals surface area contributed by atoms with Crippen molar-refractivity contribution in [3.05, 3.63) is 66.5 Å². The van der Waals surface area contributed by atoms with Crippen molar-refractivity contribution in [2.75, 3.05) is 0 Å². The van der Waals surface area contributed by atoms with Crippen LogP contribution in [0, 0.1) is 5.41 Å². The zero-order valence-corrected chi connectivity index (χ0v) is 11.2. The maximum Gasteiger partial charge on any atom is 0.121 e. The standard InChI is InChI=1S/C8H7N.C5H6N2.Sc/c1-2-4-8-6-9-5-7(8)3-1;6-5-3-1-2-4-7-5;/h1-6,9H;1-4H,(H2,6,7);. The number of hydrogen-bond acceptors (Lipinski definition) is 1. The maximum atomic E-state index is 6.94. The summed E-state index contributed by atoms with van der Waals surface area (Å²) in [6.45, 7) is 0. The molecular formula is C13H13N3Sc. The van der Waals surface area contributed by atoms with E-state index in [1.807, 2.05) is 36.7 Å². The zero-order valence-electron chi connectivity index (χ0n) is 9.35. The molecule has 3 rings (SSSR count). The summed E-state index contributed by atoms with van der Waals surface area (Å²) in [4.78, 5) is 5.74. The molecule has 17 heavy (non-hydrogen) atoms. The summed E-state index contributed by atoms with van der Waals surface area (Å²) < 4.78 is 0. The van der Waals surface area contributed by atoms with E-state index < -0.39 is 0 Å². The SMILES string of the molecule is N=c1cccc[nH]1.[Sc].c1ccc2c[nH]cc2c1. The first kappa shape index (κ1) is 13.6. The van der Waals surface area contributed by atoms with Crippen LogP contribution in [0.4, 0.5) is 0 Å². The van der Waals surface area contributed by atoms with Gasteiger partial charge in [-0.05, 0) is 22.9 Å². The van der Waals surface area contributed by atoms with Gasteiger partial charge in [0.05, 0.1) is 0 Å². The average Bonchev–Trinajstić information content (AvgIpc) is 2.79. The summed E-state index contributed by atoms with van der Waals surface area (Å²) >= 11 is 0.